The number of hydrogen-bond acceptors (Lipinski definition) is 4. The number of nitrogens with zero attached hydrogens (tertiary/aromatic N) is 5. The van der Waals surface area contributed by atoms with Crippen molar-refractivity contribution in [2.45, 2.75) is 0 Å². The van der Waals surface area contributed by atoms with Crippen LogP contribution in [-0.4, -0.2) is 19.5 Å². The highest BCUT2D eigenvalue weighted by Crippen LogP contribution is 2.41. The second kappa shape index (κ2) is 15.7. The largest absolute Gasteiger partial charge is 0.309 e. The molecule has 64 heavy (non-hydrogen) atoms. The molecule has 12 aromatic rings. The summed E-state index contributed by atoms with van der Waals surface area (Å²) in [6.07, 6.45) is 1.87. The summed E-state index contributed by atoms with van der Waals surface area (Å²) < 4.78 is 2.38. The summed E-state index contributed by atoms with van der Waals surface area (Å²) in [5, 5.41) is 3.52. The maximum absolute atomic E-state index is 5.18. The van der Waals surface area contributed by atoms with E-state index in [1.54, 1.807) is 0 Å². The van der Waals surface area contributed by atoms with Gasteiger partial charge in [0.05, 0.1) is 44.7 Å². The van der Waals surface area contributed by atoms with Gasteiger partial charge in [0.15, 0.2) is 0 Å². The minimum Gasteiger partial charge on any atom is -0.309 e. The first-order chi connectivity index (χ1) is 31.7. The molecule has 0 atom stereocenters. The maximum Gasteiger partial charge on any atom is 0.0973 e. The molecule has 0 amide bonds. The lowest BCUT2D eigenvalue weighted by molar-refractivity contribution is 1.17. The SMILES string of the molecule is c1ccc(-c2ccc(-c3ccc4c(c3)c3ccccc3n4-c3ccc(N(c4ccc(-c5nc6ccccc6nc5-c5ccccc5)cc4)c4cccc5cccnc45)cc3)cc2)cc1. The third kappa shape index (κ3) is 6.55. The quantitative estimate of drug-likeness (QED) is 0.153. The van der Waals surface area contributed by atoms with Gasteiger partial charge in [0.25, 0.3) is 0 Å². The van der Waals surface area contributed by atoms with Crippen molar-refractivity contribution in [3.8, 4) is 50.5 Å². The van der Waals surface area contributed by atoms with Crippen LogP contribution in [0.25, 0.3) is 94.2 Å². The van der Waals surface area contributed by atoms with Crippen LogP contribution in [0.5, 0.6) is 0 Å². The van der Waals surface area contributed by atoms with Crippen LogP contribution in [0.2, 0.25) is 0 Å². The number of rotatable bonds is 8. The summed E-state index contributed by atoms with van der Waals surface area (Å²) >= 11 is 0. The summed E-state index contributed by atoms with van der Waals surface area (Å²) in [5.74, 6) is 0. The van der Waals surface area contributed by atoms with Crippen molar-refractivity contribution in [2.24, 2.45) is 0 Å². The van der Waals surface area contributed by atoms with E-state index < -0.39 is 0 Å². The third-order valence-corrected chi connectivity index (χ3v) is 12.2. The van der Waals surface area contributed by atoms with Crippen LogP contribution >= 0.6 is 0 Å². The van der Waals surface area contributed by atoms with Gasteiger partial charge in [0.2, 0.25) is 0 Å². The Bertz CT molecular complexity index is 3630. The molecule has 0 fully saturated rings. The molecule has 5 heteroatoms. The molecule has 0 bridgehead atoms. The summed E-state index contributed by atoms with van der Waals surface area (Å²) in [7, 11) is 0. The van der Waals surface area contributed by atoms with E-state index in [2.05, 4.69) is 191 Å². The summed E-state index contributed by atoms with van der Waals surface area (Å²) in [5.41, 5.74) is 17.6. The zero-order valence-corrected chi connectivity index (χ0v) is 34.8. The highest BCUT2D eigenvalue weighted by atomic mass is 15.1. The molecule has 9 aromatic carbocycles. The average Bonchev–Trinajstić information content (AvgIpc) is 3.71. The zero-order chi connectivity index (χ0) is 42.4. The predicted molar refractivity (Wildman–Crippen MR) is 266 cm³/mol. The topological polar surface area (TPSA) is 46.8 Å². The molecule has 300 valence electrons. The van der Waals surface area contributed by atoms with E-state index in [4.69, 9.17) is 15.0 Å². The molecule has 0 N–H and O–H groups in total. The standard InChI is InChI=1S/C59H39N5/c1-3-13-40(14-4-1)41-24-26-42(27-25-41)46-30-37-55-51(39-46)50-19-7-10-22-54(50)64(55)49-35-33-48(34-36-49)63(56-23-11-17-43-18-12-38-60-57(43)56)47-31-28-45(29-32-47)59-58(44-15-5-2-6-16-44)61-52-20-8-9-21-53(52)62-59/h1-39H. The first-order valence-electron chi connectivity index (χ1n) is 21.6. The molecule has 0 aliphatic heterocycles. The van der Waals surface area contributed by atoms with E-state index in [-0.39, 0.29) is 0 Å². The number of aromatic nitrogens is 4. The fraction of sp³-hybridized carbons (Fsp3) is 0. The number of hydrogen-bond donors (Lipinski definition) is 0. The van der Waals surface area contributed by atoms with Crippen molar-refractivity contribution in [3.05, 3.63) is 237 Å². The minimum atomic E-state index is 0.846. The van der Waals surface area contributed by atoms with Gasteiger partial charge in [0.1, 0.15) is 0 Å². The monoisotopic (exact) mass is 817 g/mol. The van der Waals surface area contributed by atoms with Crippen molar-refractivity contribution in [1.29, 1.82) is 0 Å². The van der Waals surface area contributed by atoms with Gasteiger partial charge in [-0.25, -0.2) is 9.97 Å². The Hall–Kier alpha value is -8.67. The fourth-order valence-electron chi connectivity index (χ4n) is 9.13. The molecule has 0 saturated heterocycles. The summed E-state index contributed by atoms with van der Waals surface area (Å²) in [4.78, 5) is 17.5. The van der Waals surface area contributed by atoms with E-state index in [0.717, 1.165) is 72.7 Å². The van der Waals surface area contributed by atoms with Crippen LogP contribution < -0.4 is 4.90 Å². The fourth-order valence-corrected chi connectivity index (χ4v) is 9.13. The highest BCUT2D eigenvalue weighted by Gasteiger charge is 2.20. The molecule has 0 aliphatic carbocycles. The Morgan fingerprint density at radius 2 is 0.875 bits per heavy atom. The minimum absolute atomic E-state index is 0.846. The average molecular weight is 818 g/mol. The van der Waals surface area contributed by atoms with Crippen LogP contribution in [0.1, 0.15) is 0 Å². The van der Waals surface area contributed by atoms with E-state index in [1.807, 2.05) is 54.7 Å². The van der Waals surface area contributed by atoms with Crippen LogP contribution in [0.15, 0.2) is 237 Å². The van der Waals surface area contributed by atoms with Gasteiger partial charge in [-0.3, -0.25) is 4.98 Å². The van der Waals surface area contributed by atoms with Crippen molar-refractivity contribution in [1.82, 2.24) is 19.5 Å². The number of benzene rings is 9. The second-order valence-corrected chi connectivity index (χ2v) is 16.1. The molecular weight excluding hydrogens is 779 g/mol. The number of para-hydroxylation sites is 4. The first kappa shape index (κ1) is 37.1. The Labute approximate surface area is 370 Å². The molecule has 0 unspecified atom stereocenters. The van der Waals surface area contributed by atoms with Crippen molar-refractivity contribution in [3.63, 3.8) is 0 Å². The second-order valence-electron chi connectivity index (χ2n) is 16.1. The Morgan fingerprint density at radius 1 is 0.359 bits per heavy atom. The number of pyridine rings is 1. The van der Waals surface area contributed by atoms with Crippen molar-refractivity contribution >= 4 is 60.8 Å². The molecule has 0 spiro atoms. The lowest BCUT2D eigenvalue weighted by Gasteiger charge is -2.27. The Morgan fingerprint density at radius 3 is 1.58 bits per heavy atom. The normalized spacial score (nSPS) is 11.4. The number of fused-ring (bicyclic) bond motifs is 5. The van der Waals surface area contributed by atoms with Gasteiger partial charge in [-0.2, -0.15) is 0 Å². The van der Waals surface area contributed by atoms with Gasteiger partial charge in [-0.15, -0.1) is 0 Å². The molecule has 0 saturated carbocycles. The molecule has 12 rings (SSSR count). The Balaban J connectivity index is 0.944. The summed E-state index contributed by atoms with van der Waals surface area (Å²) in [6, 6.07) is 81.4. The van der Waals surface area contributed by atoms with Gasteiger partial charge in [0, 0.05) is 50.5 Å². The predicted octanol–water partition coefficient (Wildman–Crippen LogP) is 15.4. The van der Waals surface area contributed by atoms with E-state index >= 15 is 0 Å². The molecule has 0 radical (unpaired) electrons. The first-order valence-corrected chi connectivity index (χ1v) is 21.6. The molecule has 3 heterocycles. The lowest BCUT2D eigenvalue weighted by Crippen LogP contribution is -2.11. The maximum atomic E-state index is 5.18. The van der Waals surface area contributed by atoms with E-state index in [9.17, 15) is 0 Å². The van der Waals surface area contributed by atoms with Crippen molar-refractivity contribution in [2.75, 3.05) is 4.90 Å². The van der Waals surface area contributed by atoms with Gasteiger partial charge < -0.3 is 9.47 Å². The van der Waals surface area contributed by atoms with Crippen LogP contribution in [0, 0.1) is 0 Å². The number of anilines is 3. The molecular formula is C59H39N5. The smallest absolute Gasteiger partial charge is 0.0973 e. The molecule has 0 aliphatic rings. The van der Waals surface area contributed by atoms with Gasteiger partial charge in [-0.05, 0) is 101 Å². The zero-order valence-electron chi connectivity index (χ0n) is 34.8. The summed E-state index contributed by atoms with van der Waals surface area (Å²) in [6.45, 7) is 0. The Kier molecular flexibility index (Phi) is 9.08. The van der Waals surface area contributed by atoms with Crippen LogP contribution in [0.4, 0.5) is 17.1 Å². The van der Waals surface area contributed by atoms with Gasteiger partial charge in [-0.1, -0.05) is 152 Å². The molecule has 5 nitrogen and oxygen atoms in total. The third-order valence-electron chi connectivity index (χ3n) is 12.2. The lowest BCUT2D eigenvalue weighted by atomic mass is 9.99. The van der Waals surface area contributed by atoms with E-state index in [1.165, 1.54) is 38.5 Å². The van der Waals surface area contributed by atoms with E-state index in [0.29, 0.717) is 0 Å². The van der Waals surface area contributed by atoms with Gasteiger partial charge >= 0.3 is 0 Å². The van der Waals surface area contributed by atoms with Crippen LogP contribution in [0.3, 0.4) is 0 Å². The molecule has 3 aromatic heterocycles. The van der Waals surface area contributed by atoms with Crippen LogP contribution in [-0.2, 0) is 0 Å². The highest BCUT2D eigenvalue weighted by molar-refractivity contribution is 6.10. The van der Waals surface area contributed by atoms with Crippen molar-refractivity contribution < 1.29 is 0 Å².